The van der Waals surface area contributed by atoms with Gasteiger partial charge in [0.15, 0.2) is 0 Å². The number of aromatic nitrogens is 3. The summed E-state index contributed by atoms with van der Waals surface area (Å²) in [6.45, 7) is 10.3. The van der Waals surface area contributed by atoms with Crippen LogP contribution in [-0.2, 0) is 26.5 Å². The summed E-state index contributed by atoms with van der Waals surface area (Å²) in [5.41, 5.74) is 18.1. The van der Waals surface area contributed by atoms with Crippen LogP contribution in [0, 0.1) is 40.8 Å². The number of para-hydroxylation sites is 1. The van der Waals surface area contributed by atoms with E-state index in [9.17, 15) is 0 Å². The van der Waals surface area contributed by atoms with Gasteiger partial charge < -0.3 is 4.74 Å². The van der Waals surface area contributed by atoms with Gasteiger partial charge in [0.2, 0.25) is 0 Å². The molecule has 0 fully saturated rings. The van der Waals surface area contributed by atoms with E-state index in [0.717, 1.165) is 83.5 Å². The Labute approximate surface area is 419 Å². The maximum atomic E-state index is 9.03. The van der Waals surface area contributed by atoms with Gasteiger partial charge in [0, 0.05) is 21.6 Å². The first-order valence-electron chi connectivity index (χ1n) is 24.2. The second kappa shape index (κ2) is 18.9. The molecule has 10 aromatic rings. The van der Waals surface area contributed by atoms with E-state index in [4.69, 9.17) is 18.8 Å². The maximum absolute atomic E-state index is 9.03. The topological polar surface area (TPSA) is 39.9 Å². The molecule has 0 saturated carbocycles. The Morgan fingerprint density at radius 3 is 1.91 bits per heavy atom. The van der Waals surface area contributed by atoms with Crippen LogP contribution in [0.1, 0.15) is 52.7 Å². The van der Waals surface area contributed by atoms with Gasteiger partial charge in [0.1, 0.15) is 5.82 Å². The van der Waals surface area contributed by atoms with Crippen molar-refractivity contribution in [3.8, 4) is 89.7 Å². The normalized spacial score (nSPS) is 12.2. The molecule has 10 rings (SSSR count). The van der Waals surface area contributed by atoms with Crippen LogP contribution in [0.15, 0.2) is 182 Å². The summed E-state index contributed by atoms with van der Waals surface area (Å²) in [5.74, 6) is 1.16. The minimum atomic E-state index is -2.47. The van der Waals surface area contributed by atoms with Crippen LogP contribution in [0.5, 0.6) is 5.75 Å². The molecular formula is C63H53N3OPt. The number of aryl methyl sites for hydroxylation is 4. The number of rotatable bonds is 9. The van der Waals surface area contributed by atoms with Crippen LogP contribution in [-0.4, -0.2) is 14.5 Å². The van der Waals surface area contributed by atoms with E-state index in [2.05, 4.69) is 155 Å². The molecule has 0 aliphatic heterocycles. The van der Waals surface area contributed by atoms with E-state index in [1.165, 1.54) is 11.1 Å². The summed E-state index contributed by atoms with van der Waals surface area (Å²) >= 11 is 0. The molecular weight excluding hydrogens is 1010 g/mol. The Kier molecular flexibility index (Phi) is 11.7. The molecule has 0 amide bonds. The molecule has 336 valence electrons. The van der Waals surface area contributed by atoms with Crippen LogP contribution < -0.4 is 4.74 Å². The van der Waals surface area contributed by atoms with Crippen molar-refractivity contribution < 1.29 is 29.9 Å². The van der Waals surface area contributed by atoms with E-state index in [0.29, 0.717) is 28.3 Å². The van der Waals surface area contributed by atoms with Crippen LogP contribution in [0.3, 0.4) is 0 Å². The fraction of sp³-hybridized carbons (Fsp3) is 0.127. The number of nitrogens with zero attached hydrogens (tertiary/aromatic N) is 3. The number of hydrogen-bond acceptors (Lipinski definition) is 3. The molecule has 0 atom stereocenters. The first kappa shape index (κ1) is 42.2. The van der Waals surface area contributed by atoms with Crippen molar-refractivity contribution >= 4 is 11.0 Å². The van der Waals surface area contributed by atoms with Gasteiger partial charge in [0.25, 0.3) is 0 Å². The Morgan fingerprint density at radius 2 is 1.22 bits per heavy atom. The fourth-order valence-corrected chi connectivity index (χ4v) is 9.22. The molecule has 0 aliphatic rings. The third-order valence-electron chi connectivity index (χ3n) is 12.7. The van der Waals surface area contributed by atoms with Crippen LogP contribution in [0.2, 0.25) is 0 Å². The summed E-state index contributed by atoms with van der Waals surface area (Å²) in [7, 11) is 3.92. The maximum Gasteiger partial charge on any atom is 2.00 e. The molecule has 0 saturated heterocycles. The van der Waals surface area contributed by atoms with E-state index >= 15 is 0 Å². The number of imidazole rings is 1. The smallest absolute Gasteiger partial charge is 0.665 e. The number of ether oxygens (including phenoxy) is 1. The van der Waals surface area contributed by atoms with Crippen LogP contribution in [0.4, 0.5) is 0 Å². The average Bonchev–Trinajstić information content (AvgIpc) is 3.76. The minimum Gasteiger partial charge on any atom is -0.665 e. The predicted molar refractivity (Wildman–Crippen MR) is 279 cm³/mol. The summed E-state index contributed by atoms with van der Waals surface area (Å²) in [5, 5.41) is 0. The molecule has 0 bridgehead atoms. The summed E-state index contributed by atoms with van der Waals surface area (Å²) in [4.78, 5) is 10.5. The van der Waals surface area contributed by atoms with Crippen molar-refractivity contribution in [2.45, 2.75) is 53.8 Å². The van der Waals surface area contributed by atoms with Gasteiger partial charge in [-0.25, -0.2) is 4.98 Å². The summed E-state index contributed by atoms with van der Waals surface area (Å²) in [6, 6.07) is 63.8. The molecule has 0 radical (unpaired) electrons. The molecule has 0 spiro atoms. The van der Waals surface area contributed by atoms with E-state index in [-0.39, 0.29) is 32.0 Å². The second-order valence-electron chi connectivity index (χ2n) is 18.5. The SMILES string of the molecule is [2H]C([2H])([2H])c1cc(-n2c(-c3cc(C)cc(C)c3O[CH2-])nc3c(-c4[c-]c(-c5cc(-c6ccc(C)cc6)ccn5)cc(-c5ccccc5)c4)cccc32)c(-c2ccc(C(C)(C)C)cc2)cc1-c1ccccc1.[Pt+2]. The zero-order valence-electron chi connectivity index (χ0n) is 42.1. The molecule has 0 unspecified atom stereocenters. The summed E-state index contributed by atoms with van der Waals surface area (Å²) in [6.07, 6.45) is 1.86. The van der Waals surface area contributed by atoms with Gasteiger partial charge in [-0.15, -0.1) is 23.8 Å². The zero-order chi connectivity index (χ0) is 48.9. The van der Waals surface area contributed by atoms with E-state index in [1.54, 1.807) is 0 Å². The molecule has 8 aromatic carbocycles. The van der Waals surface area contributed by atoms with Crippen molar-refractivity contribution in [3.05, 3.63) is 223 Å². The third-order valence-corrected chi connectivity index (χ3v) is 12.7. The van der Waals surface area contributed by atoms with Crippen molar-refractivity contribution in [2.24, 2.45) is 0 Å². The first-order chi connectivity index (χ1) is 33.6. The molecule has 5 heteroatoms. The Bertz CT molecular complexity index is 3560. The van der Waals surface area contributed by atoms with Gasteiger partial charge in [-0.05, 0) is 119 Å². The minimum absolute atomic E-state index is 0. The largest absolute Gasteiger partial charge is 2.00 e. The first-order valence-corrected chi connectivity index (χ1v) is 22.7. The summed E-state index contributed by atoms with van der Waals surface area (Å²) < 4.78 is 35.2. The molecule has 2 aromatic heterocycles. The van der Waals surface area contributed by atoms with E-state index < -0.39 is 6.85 Å². The molecule has 0 aliphatic carbocycles. The molecule has 0 N–H and O–H groups in total. The number of hydrogen-bond donors (Lipinski definition) is 0. The van der Waals surface area contributed by atoms with E-state index in [1.807, 2.05) is 85.9 Å². The quantitative estimate of drug-likeness (QED) is 0.135. The second-order valence-corrected chi connectivity index (χ2v) is 18.5. The van der Waals surface area contributed by atoms with Gasteiger partial charge in [0.05, 0.1) is 28.0 Å². The zero-order valence-corrected chi connectivity index (χ0v) is 41.4. The van der Waals surface area contributed by atoms with Gasteiger partial charge in [-0.2, -0.15) is 7.11 Å². The monoisotopic (exact) mass is 1070 g/mol. The van der Waals surface area contributed by atoms with Crippen LogP contribution in [0.25, 0.3) is 95.0 Å². The Hall–Kier alpha value is -7.13. The molecule has 2 heterocycles. The average molecular weight is 1070 g/mol. The van der Waals surface area contributed by atoms with Crippen LogP contribution >= 0.6 is 0 Å². The van der Waals surface area contributed by atoms with Crippen molar-refractivity contribution in [1.82, 2.24) is 14.5 Å². The number of fused-ring (bicyclic) bond motifs is 1. The van der Waals surface area contributed by atoms with Crippen molar-refractivity contribution in [1.29, 1.82) is 0 Å². The Balaban J connectivity index is 0.00000624. The standard InChI is InChI=1S/C63H53N3O.Pt/c1-40-22-24-45(25-23-40)48-30-31-64-57(38-48)51-36-49(44-16-11-9-12-17-44)35-50(37-51)53-20-15-21-58-60(53)65-62(56-33-41(2)32-43(4)61(56)67-8)66(58)59-34-42(3)54(46-18-13-10-14-19-46)39-55(59)47-26-28-52(29-27-47)63(5,6)7;/h9-36,38-39H,8H2,1-7H3;/q-2;+2/i3D3;. The molecule has 68 heavy (non-hydrogen) atoms. The third kappa shape index (κ3) is 8.90. The van der Waals surface area contributed by atoms with Crippen molar-refractivity contribution in [2.75, 3.05) is 0 Å². The van der Waals surface area contributed by atoms with Gasteiger partial charge in [-0.3, -0.25) is 9.55 Å². The fourth-order valence-electron chi connectivity index (χ4n) is 9.22. The van der Waals surface area contributed by atoms with Gasteiger partial charge >= 0.3 is 21.1 Å². The molecule has 4 nitrogen and oxygen atoms in total. The van der Waals surface area contributed by atoms with Gasteiger partial charge in [-0.1, -0.05) is 176 Å². The van der Waals surface area contributed by atoms with Crippen molar-refractivity contribution in [3.63, 3.8) is 0 Å². The Morgan fingerprint density at radius 1 is 0.559 bits per heavy atom. The predicted octanol–water partition coefficient (Wildman–Crippen LogP) is 16.6. The number of pyridine rings is 1. The number of benzene rings is 8.